The first kappa shape index (κ1) is 15.4. The molecule has 1 unspecified atom stereocenters. The van der Waals surface area contributed by atoms with Crippen molar-refractivity contribution in [3.63, 3.8) is 0 Å². The summed E-state index contributed by atoms with van der Waals surface area (Å²) in [6.07, 6.45) is 0.815. The Labute approximate surface area is 103 Å². The smallest absolute Gasteiger partial charge is 0.246 e. The first-order valence-corrected chi connectivity index (χ1v) is 5.72. The molecule has 0 aromatic heterocycles. The molecule has 0 saturated carbocycles. The lowest BCUT2D eigenvalue weighted by Gasteiger charge is -2.13. The molecule has 0 aromatic carbocycles. The van der Waals surface area contributed by atoms with Crippen molar-refractivity contribution in [3.05, 3.63) is 24.3 Å². The summed E-state index contributed by atoms with van der Waals surface area (Å²) in [6, 6.07) is 0. The number of amides is 2. The molecule has 0 heterocycles. The van der Waals surface area contributed by atoms with Crippen molar-refractivity contribution in [2.24, 2.45) is 5.92 Å². The van der Waals surface area contributed by atoms with Gasteiger partial charge in [-0.05, 0) is 26.2 Å². The third-order valence-electron chi connectivity index (χ3n) is 2.31. The molecule has 0 aliphatic carbocycles. The van der Waals surface area contributed by atoms with Crippen LogP contribution in [0.25, 0.3) is 0 Å². The van der Waals surface area contributed by atoms with Crippen LogP contribution in [-0.4, -0.2) is 24.9 Å². The molecule has 0 fully saturated rings. The van der Waals surface area contributed by atoms with E-state index in [1.165, 1.54) is 0 Å². The Bertz CT molecular complexity index is 321. The molecule has 0 radical (unpaired) electrons. The fourth-order valence-electron chi connectivity index (χ4n) is 1.10. The van der Waals surface area contributed by atoms with E-state index in [0.29, 0.717) is 30.2 Å². The molecular weight excluding hydrogens is 216 g/mol. The lowest BCUT2D eigenvalue weighted by molar-refractivity contribution is -0.118. The van der Waals surface area contributed by atoms with Crippen LogP contribution in [0.15, 0.2) is 24.3 Å². The van der Waals surface area contributed by atoms with E-state index in [4.69, 9.17) is 0 Å². The highest BCUT2D eigenvalue weighted by atomic mass is 16.2. The Morgan fingerprint density at radius 2 is 1.53 bits per heavy atom. The molecule has 17 heavy (non-hydrogen) atoms. The van der Waals surface area contributed by atoms with E-state index < -0.39 is 0 Å². The van der Waals surface area contributed by atoms with Crippen LogP contribution < -0.4 is 10.6 Å². The number of hydrogen-bond donors (Lipinski definition) is 2. The van der Waals surface area contributed by atoms with Gasteiger partial charge in [0.1, 0.15) is 0 Å². The Balaban J connectivity index is 3.70. The van der Waals surface area contributed by atoms with Crippen molar-refractivity contribution < 1.29 is 9.59 Å². The topological polar surface area (TPSA) is 58.2 Å². The van der Waals surface area contributed by atoms with Crippen LogP contribution in [0.4, 0.5) is 0 Å². The van der Waals surface area contributed by atoms with Crippen molar-refractivity contribution in [2.75, 3.05) is 13.1 Å². The summed E-state index contributed by atoms with van der Waals surface area (Å²) in [5.41, 5.74) is 1.01. The molecule has 1 atom stereocenters. The molecule has 0 bridgehead atoms. The molecule has 0 saturated heterocycles. The fraction of sp³-hybridized carbons (Fsp3) is 0.538. The number of nitrogens with one attached hydrogen (secondary N) is 2. The molecular formula is C13H22N2O2. The van der Waals surface area contributed by atoms with Crippen LogP contribution >= 0.6 is 0 Å². The van der Waals surface area contributed by atoms with Crippen molar-refractivity contribution >= 4 is 11.8 Å². The van der Waals surface area contributed by atoms with E-state index >= 15 is 0 Å². The van der Waals surface area contributed by atoms with Gasteiger partial charge >= 0.3 is 0 Å². The highest BCUT2D eigenvalue weighted by molar-refractivity contribution is 5.92. The van der Waals surface area contributed by atoms with E-state index in [9.17, 15) is 9.59 Å². The standard InChI is InChI=1S/C13H22N2O2/c1-9(2)12(16)14-7-6-11(5)8-15-13(17)10(3)4/h11H,1,3,6-8H2,2,4-5H3,(H,14,16)(H,15,17). The third kappa shape index (κ3) is 7.33. The van der Waals surface area contributed by atoms with Gasteiger partial charge in [-0.3, -0.25) is 9.59 Å². The van der Waals surface area contributed by atoms with E-state index in [2.05, 4.69) is 23.8 Å². The Morgan fingerprint density at radius 1 is 1.06 bits per heavy atom. The van der Waals surface area contributed by atoms with Crippen molar-refractivity contribution in [2.45, 2.75) is 27.2 Å². The molecule has 0 rings (SSSR count). The molecule has 0 spiro atoms. The predicted octanol–water partition coefficient (Wildman–Crippen LogP) is 1.40. The van der Waals surface area contributed by atoms with E-state index in [-0.39, 0.29) is 11.8 Å². The van der Waals surface area contributed by atoms with Gasteiger partial charge < -0.3 is 10.6 Å². The maximum absolute atomic E-state index is 11.2. The number of rotatable bonds is 7. The minimum atomic E-state index is -0.122. The monoisotopic (exact) mass is 238 g/mol. The van der Waals surface area contributed by atoms with Gasteiger partial charge in [0.15, 0.2) is 0 Å². The fourth-order valence-corrected chi connectivity index (χ4v) is 1.10. The van der Waals surface area contributed by atoms with Crippen molar-refractivity contribution in [3.8, 4) is 0 Å². The highest BCUT2D eigenvalue weighted by Crippen LogP contribution is 1.99. The van der Waals surface area contributed by atoms with Gasteiger partial charge in [-0.2, -0.15) is 0 Å². The van der Waals surface area contributed by atoms with Gasteiger partial charge in [-0.15, -0.1) is 0 Å². The summed E-state index contributed by atoms with van der Waals surface area (Å²) >= 11 is 0. The van der Waals surface area contributed by atoms with E-state index in [1.54, 1.807) is 13.8 Å². The summed E-state index contributed by atoms with van der Waals surface area (Å²) in [6.45, 7) is 13.7. The van der Waals surface area contributed by atoms with E-state index in [1.807, 2.05) is 6.92 Å². The second-order valence-corrected chi connectivity index (χ2v) is 4.42. The minimum absolute atomic E-state index is 0.122. The Kier molecular flexibility index (Phi) is 6.94. The zero-order chi connectivity index (χ0) is 13.4. The summed E-state index contributed by atoms with van der Waals surface area (Å²) in [5.74, 6) is 0.0646. The Hall–Kier alpha value is -1.58. The first-order chi connectivity index (χ1) is 7.84. The number of hydrogen-bond acceptors (Lipinski definition) is 2. The van der Waals surface area contributed by atoms with Crippen molar-refractivity contribution in [1.82, 2.24) is 10.6 Å². The zero-order valence-electron chi connectivity index (χ0n) is 10.9. The second kappa shape index (κ2) is 7.65. The predicted molar refractivity (Wildman–Crippen MR) is 69.4 cm³/mol. The molecule has 4 nitrogen and oxygen atoms in total. The number of carbonyl (C=O) groups is 2. The molecule has 96 valence electrons. The molecule has 0 aliphatic rings. The summed E-state index contributed by atoms with van der Waals surface area (Å²) < 4.78 is 0. The van der Waals surface area contributed by atoms with Gasteiger partial charge in [0.05, 0.1) is 0 Å². The van der Waals surface area contributed by atoms with Crippen LogP contribution in [0.3, 0.4) is 0 Å². The molecule has 0 aliphatic heterocycles. The van der Waals surface area contributed by atoms with Gasteiger partial charge in [0.2, 0.25) is 11.8 Å². The number of carbonyl (C=O) groups excluding carboxylic acids is 2. The summed E-state index contributed by atoms with van der Waals surface area (Å²) in [5, 5.41) is 5.53. The normalized spacial score (nSPS) is 11.5. The average Bonchev–Trinajstić information content (AvgIpc) is 2.25. The highest BCUT2D eigenvalue weighted by Gasteiger charge is 2.07. The molecule has 2 amide bonds. The lowest BCUT2D eigenvalue weighted by atomic mass is 10.1. The van der Waals surface area contributed by atoms with Gasteiger partial charge in [0, 0.05) is 24.2 Å². The van der Waals surface area contributed by atoms with Crippen molar-refractivity contribution in [1.29, 1.82) is 0 Å². The first-order valence-electron chi connectivity index (χ1n) is 5.72. The van der Waals surface area contributed by atoms with Crippen LogP contribution in [-0.2, 0) is 9.59 Å². The largest absolute Gasteiger partial charge is 0.352 e. The summed E-state index contributed by atoms with van der Waals surface area (Å²) in [7, 11) is 0. The van der Waals surface area contributed by atoms with Crippen LogP contribution in [0, 0.1) is 5.92 Å². The quantitative estimate of drug-likeness (QED) is 0.659. The molecule has 0 aromatic rings. The maximum Gasteiger partial charge on any atom is 0.246 e. The van der Waals surface area contributed by atoms with Crippen LogP contribution in [0.2, 0.25) is 0 Å². The van der Waals surface area contributed by atoms with Gasteiger partial charge in [-0.1, -0.05) is 20.1 Å². The van der Waals surface area contributed by atoms with Crippen LogP contribution in [0.1, 0.15) is 27.2 Å². The van der Waals surface area contributed by atoms with Gasteiger partial charge in [-0.25, -0.2) is 0 Å². The zero-order valence-corrected chi connectivity index (χ0v) is 10.9. The maximum atomic E-state index is 11.2. The Morgan fingerprint density at radius 3 is 2.00 bits per heavy atom. The molecule has 2 N–H and O–H groups in total. The third-order valence-corrected chi connectivity index (χ3v) is 2.31. The average molecular weight is 238 g/mol. The van der Waals surface area contributed by atoms with Gasteiger partial charge in [0.25, 0.3) is 0 Å². The molecule has 4 heteroatoms. The van der Waals surface area contributed by atoms with E-state index in [0.717, 1.165) is 6.42 Å². The van der Waals surface area contributed by atoms with Crippen LogP contribution in [0.5, 0.6) is 0 Å². The lowest BCUT2D eigenvalue weighted by Crippen LogP contribution is -2.31. The summed E-state index contributed by atoms with van der Waals surface area (Å²) in [4.78, 5) is 22.4. The minimum Gasteiger partial charge on any atom is -0.352 e. The second-order valence-electron chi connectivity index (χ2n) is 4.42. The SMILES string of the molecule is C=C(C)C(=O)NCCC(C)CNC(=O)C(=C)C.